The van der Waals surface area contributed by atoms with Crippen LogP contribution in [0.1, 0.15) is 37.1 Å². The molecule has 1 fully saturated rings. The second-order valence-electron chi connectivity index (χ2n) is 7.11. The molecule has 0 aromatic heterocycles. The van der Waals surface area contributed by atoms with E-state index in [1.54, 1.807) is 50.2 Å². The lowest BCUT2D eigenvalue weighted by molar-refractivity contribution is -0.173. The largest absolute Gasteiger partial charge is 0.480 e. The molecule has 0 spiro atoms. The van der Waals surface area contributed by atoms with E-state index < -0.39 is 24.2 Å². The monoisotopic (exact) mass is 421 g/mol. The molecule has 7 heteroatoms. The molecule has 0 saturated carbocycles. The van der Waals surface area contributed by atoms with E-state index in [9.17, 15) is 14.7 Å². The van der Waals surface area contributed by atoms with Gasteiger partial charge in [-0.05, 0) is 41.3 Å². The van der Waals surface area contributed by atoms with Crippen LogP contribution in [0.4, 0.5) is 0 Å². The van der Waals surface area contributed by atoms with Crippen LogP contribution in [0.25, 0.3) is 0 Å². The van der Waals surface area contributed by atoms with E-state index in [1.165, 1.54) is 4.90 Å². The van der Waals surface area contributed by atoms with Crippen molar-refractivity contribution in [2.75, 3.05) is 6.61 Å². The molecule has 1 aliphatic rings. The molecule has 5 nitrogen and oxygen atoms in total. The Morgan fingerprint density at radius 1 is 1.04 bits per heavy atom. The summed E-state index contributed by atoms with van der Waals surface area (Å²) in [5.41, 5.74) is 1.57. The number of rotatable bonds is 5. The Bertz CT molecular complexity index is 852. The SMILES string of the molecule is CC(C)[C@H](C(=O)O)N1C(=O)CO[C@@H](c2ccc(Cl)cc2)[C@H]1c1ccc(Cl)cc1. The van der Waals surface area contributed by atoms with Gasteiger partial charge in [-0.25, -0.2) is 4.79 Å². The number of halogens is 2. The third kappa shape index (κ3) is 4.17. The number of ether oxygens (including phenoxy) is 1. The van der Waals surface area contributed by atoms with Gasteiger partial charge in [-0.15, -0.1) is 0 Å². The highest BCUT2D eigenvalue weighted by Crippen LogP contribution is 2.42. The molecule has 3 atom stereocenters. The van der Waals surface area contributed by atoms with Gasteiger partial charge in [-0.3, -0.25) is 4.79 Å². The summed E-state index contributed by atoms with van der Waals surface area (Å²) >= 11 is 12.0. The smallest absolute Gasteiger partial charge is 0.326 e. The first-order valence-electron chi connectivity index (χ1n) is 8.96. The Balaban J connectivity index is 2.14. The number of amides is 1. The Labute approximate surface area is 173 Å². The van der Waals surface area contributed by atoms with E-state index in [0.717, 1.165) is 11.1 Å². The molecule has 0 aliphatic carbocycles. The molecular weight excluding hydrogens is 401 g/mol. The molecule has 1 saturated heterocycles. The fraction of sp³-hybridized carbons (Fsp3) is 0.333. The number of morpholine rings is 1. The van der Waals surface area contributed by atoms with Gasteiger partial charge in [0.25, 0.3) is 0 Å². The summed E-state index contributed by atoms with van der Waals surface area (Å²) in [6, 6.07) is 12.6. The highest BCUT2D eigenvalue weighted by molar-refractivity contribution is 6.30. The molecule has 0 bridgehead atoms. The van der Waals surface area contributed by atoms with Crippen molar-refractivity contribution in [2.24, 2.45) is 5.92 Å². The van der Waals surface area contributed by atoms with Crippen LogP contribution in [-0.2, 0) is 14.3 Å². The van der Waals surface area contributed by atoms with Crippen LogP contribution in [0.2, 0.25) is 10.0 Å². The van der Waals surface area contributed by atoms with Gasteiger partial charge >= 0.3 is 5.97 Å². The van der Waals surface area contributed by atoms with Crippen LogP contribution in [0.5, 0.6) is 0 Å². The van der Waals surface area contributed by atoms with Crippen molar-refractivity contribution >= 4 is 35.1 Å². The maximum absolute atomic E-state index is 12.8. The van der Waals surface area contributed by atoms with Crippen LogP contribution < -0.4 is 0 Å². The van der Waals surface area contributed by atoms with Crippen molar-refractivity contribution < 1.29 is 19.4 Å². The summed E-state index contributed by atoms with van der Waals surface area (Å²) in [5, 5.41) is 11.0. The Hall–Kier alpha value is -2.08. The van der Waals surface area contributed by atoms with Crippen LogP contribution in [0, 0.1) is 5.92 Å². The second-order valence-corrected chi connectivity index (χ2v) is 7.98. The first kappa shape index (κ1) is 20.6. The maximum atomic E-state index is 12.8. The van der Waals surface area contributed by atoms with Gasteiger partial charge in [0.1, 0.15) is 18.8 Å². The number of hydrogen-bond acceptors (Lipinski definition) is 3. The average Bonchev–Trinajstić information content (AvgIpc) is 2.64. The van der Waals surface area contributed by atoms with E-state index in [4.69, 9.17) is 27.9 Å². The number of benzene rings is 2. The highest BCUT2D eigenvalue weighted by atomic mass is 35.5. The number of hydrogen-bond donors (Lipinski definition) is 1. The third-order valence-electron chi connectivity index (χ3n) is 4.86. The van der Waals surface area contributed by atoms with Gasteiger partial charge in [0.05, 0.1) is 6.04 Å². The molecule has 3 rings (SSSR count). The summed E-state index contributed by atoms with van der Waals surface area (Å²) in [4.78, 5) is 26.3. The predicted molar refractivity (Wildman–Crippen MR) is 107 cm³/mol. The van der Waals surface area contributed by atoms with Gasteiger partial charge in [0.15, 0.2) is 0 Å². The van der Waals surface area contributed by atoms with Crippen molar-refractivity contribution in [3.63, 3.8) is 0 Å². The number of carbonyl (C=O) groups excluding carboxylic acids is 1. The molecule has 1 N–H and O–H groups in total. The minimum absolute atomic E-state index is 0.187. The molecular formula is C21H21Cl2NO4. The normalized spacial score (nSPS) is 21.0. The van der Waals surface area contributed by atoms with Crippen molar-refractivity contribution in [3.8, 4) is 0 Å². The van der Waals surface area contributed by atoms with Crippen molar-refractivity contribution in [1.29, 1.82) is 0 Å². The number of carboxylic acid groups (broad SMARTS) is 1. The van der Waals surface area contributed by atoms with Crippen molar-refractivity contribution in [1.82, 2.24) is 4.90 Å². The molecule has 0 unspecified atom stereocenters. The minimum atomic E-state index is -1.04. The number of aliphatic carboxylic acids is 1. The molecule has 1 aliphatic heterocycles. The van der Waals surface area contributed by atoms with E-state index in [2.05, 4.69) is 0 Å². The van der Waals surface area contributed by atoms with Gasteiger partial charge in [-0.1, -0.05) is 61.3 Å². The van der Waals surface area contributed by atoms with Gasteiger partial charge in [0, 0.05) is 10.0 Å². The van der Waals surface area contributed by atoms with Crippen LogP contribution >= 0.6 is 23.2 Å². The minimum Gasteiger partial charge on any atom is -0.480 e. The number of nitrogens with zero attached hydrogens (tertiary/aromatic N) is 1. The van der Waals surface area contributed by atoms with Gasteiger partial charge in [0.2, 0.25) is 5.91 Å². The highest BCUT2D eigenvalue weighted by Gasteiger charge is 2.45. The summed E-state index contributed by atoms with van der Waals surface area (Å²) in [6.07, 6.45) is -0.531. The molecule has 148 valence electrons. The number of carboxylic acids is 1. The standard InChI is InChI=1S/C21H21Cl2NO4/c1-12(2)18(21(26)27)24-17(25)11-28-20(14-5-9-16(23)10-6-14)19(24)13-3-7-15(22)8-4-13/h3-10,12,18-20H,11H2,1-2H3,(H,26,27)/t18-,19-,20+/m1/s1. The molecule has 1 amide bonds. The zero-order chi connectivity index (χ0) is 20.4. The molecule has 28 heavy (non-hydrogen) atoms. The van der Waals surface area contributed by atoms with Crippen molar-refractivity contribution in [3.05, 3.63) is 69.7 Å². The topological polar surface area (TPSA) is 66.8 Å². The average molecular weight is 422 g/mol. The maximum Gasteiger partial charge on any atom is 0.326 e. The van der Waals surface area contributed by atoms with E-state index >= 15 is 0 Å². The fourth-order valence-corrected chi connectivity index (χ4v) is 3.86. The molecule has 2 aromatic rings. The fourth-order valence-electron chi connectivity index (χ4n) is 3.61. The Morgan fingerprint density at radius 3 is 2.00 bits per heavy atom. The second kappa shape index (κ2) is 8.52. The quantitative estimate of drug-likeness (QED) is 0.756. The first-order valence-corrected chi connectivity index (χ1v) is 9.71. The zero-order valence-electron chi connectivity index (χ0n) is 15.5. The van der Waals surface area contributed by atoms with Crippen LogP contribution in [-0.4, -0.2) is 34.5 Å². The van der Waals surface area contributed by atoms with Gasteiger partial charge in [-0.2, -0.15) is 0 Å². The first-order chi connectivity index (χ1) is 13.3. The van der Waals surface area contributed by atoms with E-state index in [-0.39, 0.29) is 18.4 Å². The Morgan fingerprint density at radius 2 is 1.54 bits per heavy atom. The zero-order valence-corrected chi connectivity index (χ0v) is 17.0. The lowest BCUT2D eigenvalue weighted by atomic mass is 9.89. The predicted octanol–water partition coefficient (Wildman–Crippen LogP) is 4.74. The van der Waals surface area contributed by atoms with Crippen LogP contribution in [0.15, 0.2) is 48.5 Å². The lowest BCUT2D eigenvalue weighted by Gasteiger charge is -2.45. The summed E-state index contributed by atoms with van der Waals surface area (Å²) in [7, 11) is 0. The summed E-state index contributed by atoms with van der Waals surface area (Å²) in [5.74, 6) is -1.68. The summed E-state index contributed by atoms with van der Waals surface area (Å²) < 4.78 is 5.89. The Kier molecular flexibility index (Phi) is 6.28. The van der Waals surface area contributed by atoms with Crippen LogP contribution in [0.3, 0.4) is 0 Å². The van der Waals surface area contributed by atoms with E-state index in [1.807, 2.05) is 12.1 Å². The van der Waals surface area contributed by atoms with Crippen molar-refractivity contribution in [2.45, 2.75) is 32.0 Å². The molecule has 0 radical (unpaired) electrons. The summed E-state index contributed by atoms with van der Waals surface area (Å²) in [6.45, 7) is 3.39. The molecule has 2 aromatic carbocycles. The van der Waals surface area contributed by atoms with E-state index in [0.29, 0.717) is 10.0 Å². The lowest BCUT2D eigenvalue weighted by Crippen LogP contribution is -2.55. The van der Waals surface area contributed by atoms with Gasteiger partial charge < -0.3 is 14.7 Å². The number of carbonyl (C=O) groups is 2. The third-order valence-corrected chi connectivity index (χ3v) is 5.36. The molecule has 1 heterocycles.